The number of aliphatic imine (C=N–C) groups is 2. The molecular weight excluding hydrogens is 140 g/mol. The van der Waals surface area contributed by atoms with Gasteiger partial charge in [0.2, 0.25) is 0 Å². The Kier molecular flexibility index (Phi) is 1.25. The van der Waals surface area contributed by atoms with Gasteiger partial charge in [-0.1, -0.05) is 0 Å². The molecule has 0 spiro atoms. The molecule has 0 aromatic carbocycles. The van der Waals surface area contributed by atoms with Crippen LogP contribution in [0, 0.1) is 0 Å². The molecule has 0 aromatic heterocycles. The van der Waals surface area contributed by atoms with Crippen LogP contribution >= 0.6 is 0 Å². The highest BCUT2D eigenvalue weighted by atomic mass is 15.1. The Balaban J connectivity index is 2.33. The Morgan fingerprint density at radius 1 is 1.45 bits per heavy atom. The lowest BCUT2D eigenvalue weighted by atomic mass is 10.2. The van der Waals surface area contributed by atoms with Crippen LogP contribution in [0.15, 0.2) is 34.5 Å². The Labute approximate surface area is 64.2 Å². The molecular formula is C7H8N4. The van der Waals surface area contributed by atoms with Crippen molar-refractivity contribution in [1.29, 1.82) is 0 Å². The minimum absolute atomic E-state index is 0.0787. The number of hydrogen-bond acceptors (Lipinski definition) is 4. The summed E-state index contributed by atoms with van der Waals surface area (Å²) >= 11 is 0. The van der Waals surface area contributed by atoms with Gasteiger partial charge in [-0.15, -0.1) is 0 Å². The van der Waals surface area contributed by atoms with Crippen molar-refractivity contribution in [3.63, 3.8) is 0 Å². The minimum atomic E-state index is -0.0787. The third-order valence-electron chi connectivity index (χ3n) is 1.54. The molecule has 0 aromatic rings. The number of dihydropyridines is 1. The van der Waals surface area contributed by atoms with Gasteiger partial charge in [0, 0.05) is 12.4 Å². The number of nitrogens with zero attached hydrogens (tertiary/aromatic N) is 2. The van der Waals surface area contributed by atoms with Crippen molar-refractivity contribution in [2.24, 2.45) is 15.7 Å². The Bertz CT molecular complexity index is 285. The highest BCUT2D eigenvalue weighted by Gasteiger charge is 2.15. The van der Waals surface area contributed by atoms with Crippen LogP contribution in [0.4, 0.5) is 0 Å². The zero-order valence-corrected chi connectivity index (χ0v) is 5.86. The molecule has 0 bridgehead atoms. The fraction of sp³-hybridized carbons (Fsp3) is 0.143. The maximum atomic E-state index is 5.49. The topological polar surface area (TPSA) is 62.8 Å². The largest absolute Gasteiger partial charge is 0.384 e. The number of hydrogen-bond donors (Lipinski definition) is 2. The molecule has 4 nitrogen and oxygen atoms in total. The van der Waals surface area contributed by atoms with Crippen molar-refractivity contribution in [3.8, 4) is 0 Å². The number of amidine groups is 1. The van der Waals surface area contributed by atoms with E-state index in [1.807, 2.05) is 6.08 Å². The van der Waals surface area contributed by atoms with Gasteiger partial charge in [-0.2, -0.15) is 0 Å². The summed E-state index contributed by atoms with van der Waals surface area (Å²) in [5.74, 6) is 0.539. The van der Waals surface area contributed by atoms with Crippen LogP contribution in [0.5, 0.6) is 0 Å². The monoisotopic (exact) mass is 148 g/mol. The molecule has 3 N–H and O–H groups in total. The zero-order valence-electron chi connectivity index (χ0n) is 5.86. The molecule has 0 saturated heterocycles. The van der Waals surface area contributed by atoms with Crippen molar-refractivity contribution < 1.29 is 0 Å². The van der Waals surface area contributed by atoms with Gasteiger partial charge in [0.25, 0.3) is 0 Å². The SMILES string of the molecule is NC1=NC2NC=CN=C2C=C1. The van der Waals surface area contributed by atoms with E-state index in [2.05, 4.69) is 15.3 Å². The van der Waals surface area contributed by atoms with Crippen LogP contribution < -0.4 is 11.1 Å². The Hall–Kier alpha value is -1.58. The van der Waals surface area contributed by atoms with Crippen molar-refractivity contribution in [1.82, 2.24) is 5.32 Å². The average molecular weight is 148 g/mol. The van der Waals surface area contributed by atoms with E-state index < -0.39 is 0 Å². The maximum Gasteiger partial charge on any atom is 0.163 e. The quantitative estimate of drug-likeness (QED) is 0.497. The van der Waals surface area contributed by atoms with Crippen LogP contribution in [0.1, 0.15) is 0 Å². The zero-order chi connectivity index (χ0) is 7.68. The van der Waals surface area contributed by atoms with Gasteiger partial charge in [-0.05, 0) is 12.2 Å². The molecule has 0 radical (unpaired) electrons. The van der Waals surface area contributed by atoms with Crippen LogP contribution in [-0.2, 0) is 0 Å². The molecule has 0 saturated carbocycles. The molecule has 1 atom stereocenters. The van der Waals surface area contributed by atoms with E-state index in [0.717, 1.165) is 5.71 Å². The molecule has 1 unspecified atom stereocenters. The summed E-state index contributed by atoms with van der Waals surface area (Å²) in [6.45, 7) is 0. The van der Waals surface area contributed by atoms with Crippen molar-refractivity contribution in [2.45, 2.75) is 6.17 Å². The molecule has 2 rings (SSSR count). The average Bonchev–Trinajstić information content (AvgIpc) is 2.04. The molecule has 4 heteroatoms. The summed E-state index contributed by atoms with van der Waals surface area (Å²) in [6, 6.07) is 0. The molecule has 56 valence electrons. The normalized spacial score (nSPS) is 26.7. The van der Waals surface area contributed by atoms with E-state index in [4.69, 9.17) is 5.73 Å². The van der Waals surface area contributed by atoms with Gasteiger partial charge in [0.05, 0.1) is 5.71 Å². The second-order valence-corrected chi connectivity index (χ2v) is 2.33. The van der Waals surface area contributed by atoms with Gasteiger partial charge in [0.1, 0.15) is 5.84 Å². The fourth-order valence-electron chi connectivity index (χ4n) is 1.01. The van der Waals surface area contributed by atoms with Crippen LogP contribution in [0.25, 0.3) is 0 Å². The lowest BCUT2D eigenvalue weighted by molar-refractivity contribution is 0.759. The summed E-state index contributed by atoms with van der Waals surface area (Å²) in [5, 5.41) is 3.02. The smallest absolute Gasteiger partial charge is 0.163 e. The van der Waals surface area contributed by atoms with Gasteiger partial charge in [0.15, 0.2) is 6.17 Å². The molecule has 2 aliphatic heterocycles. The maximum absolute atomic E-state index is 5.49. The number of nitrogens with two attached hydrogens (primary N) is 1. The Morgan fingerprint density at radius 3 is 3.27 bits per heavy atom. The van der Waals surface area contributed by atoms with Crippen molar-refractivity contribution in [2.75, 3.05) is 0 Å². The second kappa shape index (κ2) is 2.23. The lowest BCUT2D eigenvalue weighted by Gasteiger charge is -2.18. The summed E-state index contributed by atoms with van der Waals surface area (Å²) in [6.07, 6.45) is 6.99. The van der Waals surface area contributed by atoms with E-state index in [1.54, 1.807) is 18.5 Å². The number of fused-ring (bicyclic) bond motifs is 1. The van der Waals surface area contributed by atoms with Crippen LogP contribution in [0.3, 0.4) is 0 Å². The first-order valence-corrected chi connectivity index (χ1v) is 3.36. The number of rotatable bonds is 0. The highest BCUT2D eigenvalue weighted by Crippen LogP contribution is 2.04. The first-order valence-electron chi connectivity index (χ1n) is 3.36. The summed E-state index contributed by atoms with van der Waals surface area (Å²) in [7, 11) is 0. The van der Waals surface area contributed by atoms with Gasteiger partial charge >= 0.3 is 0 Å². The van der Waals surface area contributed by atoms with E-state index in [-0.39, 0.29) is 6.17 Å². The molecule has 0 amide bonds. The minimum Gasteiger partial charge on any atom is -0.384 e. The highest BCUT2D eigenvalue weighted by molar-refractivity contribution is 6.09. The third-order valence-corrected chi connectivity index (χ3v) is 1.54. The van der Waals surface area contributed by atoms with Crippen LogP contribution in [-0.4, -0.2) is 17.7 Å². The second-order valence-electron chi connectivity index (χ2n) is 2.33. The van der Waals surface area contributed by atoms with Gasteiger partial charge in [-0.3, -0.25) is 4.99 Å². The summed E-state index contributed by atoms with van der Waals surface area (Å²) in [4.78, 5) is 8.23. The number of nitrogens with one attached hydrogen (secondary N) is 1. The third kappa shape index (κ3) is 1.02. The van der Waals surface area contributed by atoms with E-state index in [9.17, 15) is 0 Å². The Morgan fingerprint density at radius 2 is 2.36 bits per heavy atom. The lowest BCUT2D eigenvalue weighted by Crippen LogP contribution is -2.36. The molecule has 0 aliphatic carbocycles. The molecule has 11 heavy (non-hydrogen) atoms. The van der Waals surface area contributed by atoms with Crippen molar-refractivity contribution in [3.05, 3.63) is 24.6 Å². The molecule has 2 aliphatic rings. The first kappa shape index (κ1) is 6.15. The summed E-state index contributed by atoms with van der Waals surface area (Å²) < 4.78 is 0. The predicted molar refractivity (Wildman–Crippen MR) is 44.3 cm³/mol. The fourth-order valence-corrected chi connectivity index (χ4v) is 1.01. The van der Waals surface area contributed by atoms with E-state index in [0.29, 0.717) is 5.84 Å². The van der Waals surface area contributed by atoms with E-state index in [1.165, 1.54) is 0 Å². The first-order chi connectivity index (χ1) is 5.36. The standard InChI is InChI=1S/C7H8N4/c8-6-2-1-5-7(11-6)10-4-3-9-5/h1-4,7,10H,(H2,8,11). The van der Waals surface area contributed by atoms with Gasteiger partial charge in [-0.25, -0.2) is 4.99 Å². The predicted octanol–water partition coefficient (Wildman–Crippen LogP) is -0.245. The van der Waals surface area contributed by atoms with Crippen molar-refractivity contribution >= 4 is 11.5 Å². The van der Waals surface area contributed by atoms with Gasteiger partial charge < -0.3 is 11.1 Å². The van der Waals surface area contributed by atoms with E-state index >= 15 is 0 Å². The van der Waals surface area contributed by atoms with Crippen LogP contribution in [0.2, 0.25) is 0 Å². The molecule has 0 fully saturated rings. The summed E-state index contributed by atoms with van der Waals surface area (Å²) in [5.41, 5.74) is 6.39. The molecule has 2 heterocycles.